The van der Waals surface area contributed by atoms with Crippen molar-refractivity contribution >= 4 is 34.3 Å². The van der Waals surface area contributed by atoms with Crippen molar-refractivity contribution in [2.75, 3.05) is 10.2 Å². The highest BCUT2D eigenvalue weighted by molar-refractivity contribution is 7.15. The molecule has 2 aromatic heterocycles. The number of rotatable bonds is 7. The van der Waals surface area contributed by atoms with Gasteiger partial charge in [0.2, 0.25) is 5.91 Å². The minimum atomic E-state index is -0.300. The predicted octanol–water partition coefficient (Wildman–Crippen LogP) is 5.47. The van der Waals surface area contributed by atoms with Crippen LogP contribution in [0.2, 0.25) is 0 Å². The molecule has 6 nitrogen and oxygen atoms in total. The Bertz CT molecular complexity index is 1290. The lowest BCUT2D eigenvalue weighted by atomic mass is 10.2. The molecule has 0 saturated heterocycles. The van der Waals surface area contributed by atoms with Gasteiger partial charge in [-0.15, -0.1) is 11.3 Å². The van der Waals surface area contributed by atoms with E-state index in [1.54, 1.807) is 22.3 Å². The van der Waals surface area contributed by atoms with E-state index in [0.29, 0.717) is 5.69 Å². The largest absolute Gasteiger partial charge is 0.356 e. The number of para-hydroxylation sites is 1. The maximum absolute atomic E-state index is 13.2. The molecule has 2 heterocycles. The molecule has 4 aromatic rings. The van der Waals surface area contributed by atoms with E-state index in [9.17, 15) is 9.59 Å². The first-order valence-corrected chi connectivity index (χ1v) is 11.6. The summed E-state index contributed by atoms with van der Waals surface area (Å²) in [7, 11) is 0. The molecule has 0 saturated carbocycles. The topological polar surface area (TPSA) is 67.2 Å². The zero-order valence-corrected chi connectivity index (χ0v) is 19.7. The van der Waals surface area contributed by atoms with Gasteiger partial charge in [-0.05, 0) is 75.4 Å². The zero-order valence-electron chi connectivity index (χ0n) is 18.9. The number of hydrogen-bond donors (Lipinski definition) is 1. The number of aryl methyl sites for hydroxylation is 1. The standard InChI is InChI=1S/C26H26N4O2S/c1-18(2)30(22-12-10-21(11-13-22)27-20-7-5-4-6-8-20)26(32)17-29-25(31)16-14-23(28-29)24-15-9-19(3)33-24/h4-16,18,27H,17H2,1-3H3. The Labute approximate surface area is 197 Å². The summed E-state index contributed by atoms with van der Waals surface area (Å²) in [5.74, 6) is -0.192. The number of carbonyl (C=O) groups excluding carboxylic acids is 1. The quantitative estimate of drug-likeness (QED) is 0.399. The van der Waals surface area contributed by atoms with Crippen molar-refractivity contribution < 1.29 is 4.79 Å². The van der Waals surface area contributed by atoms with Crippen LogP contribution in [0, 0.1) is 6.92 Å². The molecule has 1 N–H and O–H groups in total. The van der Waals surface area contributed by atoms with Crippen LogP contribution >= 0.6 is 11.3 Å². The Kier molecular flexibility index (Phi) is 6.70. The molecule has 0 unspecified atom stereocenters. The summed E-state index contributed by atoms with van der Waals surface area (Å²) in [6.45, 7) is 5.80. The molecule has 33 heavy (non-hydrogen) atoms. The number of nitrogens with zero attached hydrogens (tertiary/aromatic N) is 3. The van der Waals surface area contributed by atoms with Crippen LogP contribution in [0.1, 0.15) is 18.7 Å². The summed E-state index contributed by atoms with van der Waals surface area (Å²) in [5, 5.41) is 7.79. The molecular weight excluding hydrogens is 432 g/mol. The molecule has 0 bridgehead atoms. The smallest absolute Gasteiger partial charge is 0.267 e. The first-order chi connectivity index (χ1) is 15.9. The Morgan fingerprint density at radius 3 is 2.30 bits per heavy atom. The van der Waals surface area contributed by atoms with E-state index in [1.165, 1.54) is 10.7 Å². The maximum atomic E-state index is 13.2. The third-order valence-corrected chi connectivity index (χ3v) is 6.16. The number of hydrogen-bond acceptors (Lipinski definition) is 5. The second-order valence-electron chi connectivity index (χ2n) is 8.02. The lowest BCUT2D eigenvalue weighted by Gasteiger charge is -2.27. The van der Waals surface area contributed by atoms with Gasteiger partial charge in [-0.3, -0.25) is 9.59 Å². The van der Waals surface area contributed by atoms with Gasteiger partial charge in [0.05, 0.1) is 4.88 Å². The Morgan fingerprint density at radius 2 is 1.67 bits per heavy atom. The van der Waals surface area contributed by atoms with Crippen molar-refractivity contribution in [1.29, 1.82) is 0 Å². The van der Waals surface area contributed by atoms with Crippen LogP contribution in [0.3, 0.4) is 0 Å². The highest BCUT2D eigenvalue weighted by Gasteiger charge is 2.20. The Balaban J connectivity index is 1.54. The van der Waals surface area contributed by atoms with Crippen molar-refractivity contribution in [1.82, 2.24) is 9.78 Å². The van der Waals surface area contributed by atoms with Gasteiger partial charge in [0.1, 0.15) is 12.2 Å². The van der Waals surface area contributed by atoms with Crippen LogP contribution in [-0.4, -0.2) is 21.7 Å². The second-order valence-corrected chi connectivity index (χ2v) is 9.31. The molecule has 0 aliphatic carbocycles. The van der Waals surface area contributed by atoms with Gasteiger partial charge in [-0.25, -0.2) is 4.68 Å². The lowest BCUT2D eigenvalue weighted by Crippen LogP contribution is -2.41. The Morgan fingerprint density at radius 1 is 0.970 bits per heavy atom. The first-order valence-electron chi connectivity index (χ1n) is 10.8. The van der Waals surface area contributed by atoms with Gasteiger partial charge >= 0.3 is 0 Å². The van der Waals surface area contributed by atoms with E-state index in [0.717, 1.165) is 26.8 Å². The van der Waals surface area contributed by atoms with Gasteiger partial charge in [0.15, 0.2) is 0 Å². The highest BCUT2D eigenvalue weighted by atomic mass is 32.1. The van der Waals surface area contributed by atoms with Gasteiger partial charge in [-0.2, -0.15) is 5.10 Å². The number of amides is 1. The molecule has 0 fully saturated rings. The van der Waals surface area contributed by atoms with E-state index in [4.69, 9.17) is 0 Å². The lowest BCUT2D eigenvalue weighted by molar-refractivity contribution is -0.119. The van der Waals surface area contributed by atoms with Crippen molar-refractivity contribution in [2.45, 2.75) is 33.4 Å². The average molecular weight is 459 g/mol. The molecule has 7 heteroatoms. The summed E-state index contributed by atoms with van der Waals surface area (Å²) >= 11 is 1.60. The van der Waals surface area contributed by atoms with Gasteiger partial charge in [0.25, 0.3) is 5.56 Å². The fourth-order valence-corrected chi connectivity index (χ4v) is 4.43. The molecular formula is C26H26N4O2S. The normalized spacial score (nSPS) is 10.9. The van der Waals surface area contributed by atoms with E-state index in [-0.39, 0.29) is 24.1 Å². The number of nitrogens with one attached hydrogen (secondary N) is 1. The number of anilines is 3. The van der Waals surface area contributed by atoms with Crippen LogP contribution in [0.25, 0.3) is 10.6 Å². The minimum Gasteiger partial charge on any atom is -0.356 e. The first kappa shape index (κ1) is 22.5. The molecule has 2 aromatic carbocycles. The SMILES string of the molecule is Cc1ccc(-c2ccc(=O)n(CC(=O)N(c3ccc(Nc4ccccc4)cc3)C(C)C)n2)s1. The third kappa shape index (κ3) is 5.38. The van der Waals surface area contributed by atoms with E-state index in [2.05, 4.69) is 10.4 Å². The molecule has 0 radical (unpaired) electrons. The number of benzene rings is 2. The highest BCUT2D eigenvalue weighted by Crippen LogP contribution is 2.26. The fraction of sp³-hybridized carbons (Fsp3) is 0.192. The molecule has 0 aliphatic heterocycles. The molecule has 0 atom stereocenters. The second kappa shape index (κ2) is 9.83. The van der Waals surface area contributed by atoms with Crippen LogP contribution in [0.15, 0.2) is 83.7 Å². The Hall–Kier alpha value is -3.71. The van der Waals surface area contributed by atoms with E-state index >= 15 is 0 Å². The number of thiophene rings is 1. The summed E-state index contributed by atoms with van der Waals surface area (Å²) in [5.41, 5.74) is 3.08. The third-order valence-electron chi connectivity index (χ3n) is 5.14. The summed E-state index contributed by atoms with van der Waals surface area (Å²) in [6.07, 6.45) is 0. The van der Waals surface area contributed by atoms with Crippen molar-refractivity contribution in [3.63, 3.8) is 0 Å². The van der Waals surface area contributed by atoms with Gasteiger partial charge in [-0.1, -0.05) is 18.2 Å². The average Bonchev–Trinajstić information content (AvgIpc) is 3.23. The van der Waals surface area contributed by atoms with Gasteiger partial charge < -0.3 is 10.2 Å². The van der Waals surface area contributed by atoms with Crippen LogP contribution < -0.4 is 15.8 Å². The van der Waals surface area contributed by atoms with Crippen molar-refractivity contribution in [3.05, 3.63) is 94.1 Å². The number of aromatic nitrogens is 2. The van der Waals surface area contributed by atoms with Crippen LogP contribution in [0.5, 0.6) is 0 Å². The van der Waals surface area contributed by atoms with E-state index in [1.807, 2.05) is 87.5 Å². The monoisotopic (exact) mass is 458 g/mol. The molecule has 0 spiro atoms. The van der Waals surface area contributed by atoms with Crippen LogP contribution in [0.4, 0.5) is 17.1 Å². The van der Waals surface area contributed by atoms with Crippen LogP contribution in [-0.2, 0) is 11.3 Å². The zero-order chi connectivity index (χ0) is 23.4. The number of carbonyl (C=O) groups is 1. The minimum absolute atomic E-state index is 0.0794. The molecule has 1 amide bonds. The summed E-state index contributed by atoms with van der Waals surface area (Å²) < 4.78 is 1.24. The molecule has 4 rings (SSSR count). The van der Waals surface area contributed by atoms with Crippen molar-refractivity contribution in [3.8, 4) is 10.6 Å². The van der Waals surface area contributed by atoms with Crippen molar-refractivity contribution in [2.24, 2.45) is 0 Å². The summed E-state index contributed by atoms with van der Waals surface area (Å²) in [6, 6.07) is 24.7. The molecule has 168 valence electrons. The predicted molar refractivity (Wildman–Crippen MR) is 135 cm³/mol. The maximum Gasteiger partial charge on any atom is 0.267 e. The molecule has 0 aliphatic rings. The fourth-order valence-electron chi connectivity index (χ4n) is 3.59. The van der Waals surface area contributed by atoms with Gasteiger partial charge in [0, 0.05) is 34.0 Å². The summed E-state index contributed by atoms with van der Waals surface area (Å²) in [4.78, 5) is 29.5. The van der Waals surface area contributed by atoms with E-state index < -0.39 is 0 Å².